The molecule has 2 aromatic carbocycles. The fraction of sp³-hybridized carbons (Fsp3) is 0.381. The summed E-state index contributed by atoms with van der Waals surface area (Å²) in [6.45, 7) is -0.368. The van der Waals surface area contributed by atoms with E-state index in [1.165, 1.54) is 47.8 Å². The van der Waals surface area contributed by atoms with Crippen molar-refractivity contribution in [3.05, 3.63) is 53.3 Å². The zero-order valence-electron chi connectivity index (χ0n) is 16.6. The quantitative estimate of drug-likeness (QED) is 0.670. The minimum absolute atomic E-state index is 0.00238. The van der Waals surface area contributed by atoms with Crippen LogP contribution in [-0.2, 0) is 14.8 Å². The van der Waals surface area contributed by atoms with Gasteiger partial charge in [-0.2, -0.15) is 4.31 Å². The number of sulfonamides is 1. The Morgan fingerprint density at radius 2 is 1.93 bits per heavy atom. The predicted molar refractivity (Wildman–Crippen MR) is 114 cm³/mol. The number of carbonyl (C=O) groups is 1. The molecule has 1 amide bonds. The molecule has 0 saturated heterocycles. The van der Waals surface area contributed by atoms with E-state index in [1.807, 2.05) is 0 Å². The summed E-state index contributed by atoms with van der Waals surface area (Å²) in [6.07, 6.45) is 4.18. The maximum Gasteiger partial charge on any atom is 0.243 e. The van der Waals surface area contributed by atoms with Crippen LogP contribution >= 0.6 is 11.6 Å². The monoisotopic (exact) mass is 454 g/mol. The van der Waals surface area contributed by atoms with E-state index < -0.39 is 21.7 Å². The molecule has 0 aliphatic heterocycles. The number of anilines is 1. The second-order valence-corrected chi connectivity index (χ2v) is 9.49. The number of methoxy groups -OCH3 is 1. The molecule has 0 radical (unpaired) electrons. The lowest BCUT2D eigenvalue weighted by atomic mass is 9.95. The van der Waals surface area contributed by atoms with E-state index in [4.69, 9.17) is 16.3 Å². The molecule has 30 heavy (non-hydrogen) atoms. The molecule has 9 heteroatoms. The minimum atomic E-state index is -3.99. The van der Waals surface area contributed by atoms with Crippen LogP contribution in [0.3, 0.4) is 0 Å². The van der Waals surface area contributed by atoms with Crippen LogP contribution in [0.25, 0.3) is 0 Å². The molecule has 1 aliphatic carbocycles. The van der Waals surface area contributed by atoms with Gasteiger partial charge in [-0.05, 0) is 49.2 Å². The third-order valence-corrected chi connectivity index (χ3v) is 7.31. The van der Waals surface area contributed by atoms with E-state index in [0.717, 1.165) is 19.3 Å². The number of hydrogen-bond acceptors (Lipinski definition) is 4. The third kappa shape index (κ3) is 5.30. The molecular weight excluding hydrogens is 431 g/mol. The van der Waals surface area contributed by atoms with E-state index in [-0.39, 0.29) is 28.2 Å². The van der Waals surface area contributed by atoms with Gasteiger partial charge in [0.25, 0.3) is 0 Å². The van der Waals surface area contributed by atoms with Crippen molar-refractivity contribution < 1.29 is 22.3 Å². The van der Waals surface area contributed by atoms with Gasteiger partial charge in [-0.25, -0.2) is 12.8 Å². The number of nitrogens with zero attached hydrogens (tertiary/aromatic N) is 1. The molecule has 1 aliphatic rings. The van der Waals surface area contributed by atoms with E-state index in [1.54, 1.807) is 6.07 Å². The SMILES string of the molecule is COc1ccc(S(=O)(=O)N(CC(=O)Nc2cccc(F)c2)C2CCCCC2)cc1Cl. The zero-order chi connectivity index (χ0) is 21.7. The van der Waals surface area contributed by atoms with Crippen molar-refractivity contribution in [1.82, 2.24) is 4.31 Å². The molecule has 6 nitrogen and oxygen atoms in total. The van der Waals surface area contributed by atoms with Gasteiger partial charge in [-0.15, -0.1) is 0 Å². The molecule has 1 saturated carbocycles. The van der Waals surface area contributed by atoms with Crippen molar-refractivity contribution in [2.45, 2.75) is 43.0 Å². The average Bonchev–Trinajstić information content (AvgIpc) is 2.72. The first-order valence-corrected chi connectivity index (χ1v) is 11.5. The first-order chi connectivity index (χ1) is 14.3. The van der Waals surface area contributed by atoms with E-state index in [0.29, 0.717) is 18.6 Å². The summed E-state index contributed by atoms with van der Waals surface area (Å²) in [5.41, 5.74) is 0.272. The number of nitrogens with one attached hydrogen (secondary N) is 1. The van der Waals surface area contributed by atoms with Crippen LogP contribution in [0.1, 0.15) is 32.1 Å². The first-order valence-electron chi connectivity index (χ1n) is 9.72. The smallest absolute Gasteiger partial charge is 0.243 e. The van der Waals surface area contributed by atoms with Crippen molar-refractivity contribution >= 4 is 33.2 Å². The van der Waals surface area contributed by atoms with E-state index >= 15 is 0 Å². The van der Waals surface area contributed by atoms with Crippen LogP contribution in [0.4, 0.5) is 10.1 Å². The molecule has 2 aromatic rings. The van der Waals surface area contributed by atoms with Crippen LogP contribution in [-0.4, -0.2) is 38.3 Å². The van der Waals surface area contributed by atoms with Gasteiger partial charge in [-0.3, -0.25) is 4.79 Å². The van der Waals surface area contributed by atoms with Gasteiger partial charge < -0.3 is 10.1 Å². The van der Waals surface area contributed by atoms with Crippen LogP contribution in [0, 0.1) is 5.82 Å². The fourth-order valence-corrected chi connectivity index (χ4v) is 5.62. The Morgan fingerprint density at radius 3 is 2.57 bits per heavy atom. The molecule has 0 unspecified atom stereocenters. The number of ether oxygens (including phenoxy) is 1. The maximum atomic E-state index is 13.4. The summed E-state index contributed by atoms with van der Waals surface area (Å²) >= 11 is 6.13. The van der Waals surface area contributed by atoms with Crippen molar-refractivity contribution in [1.29, 1.82) is 0 Å². The fourth-order valence-electron chi connectivity index (χ4n) is 3.63. The summed E-state index contributed by atoms with van der Waals surface area (Å²) in [5.74, 6) is -0.657. The predicted octanol–water partition coefficient (Wildman–Crippen LogP) is 4.45. The summed E-state index contributed by atoms with van der Waals surface area (Å²) < 4.78 is 46.6. The molecular formula is C21H24ClFN2O4S. The number of carbonyl (C=O) groups excluding carboxylic acids is 1. The van der Waals surface area contributed by atoms with Crippen LogP contribution < -0.4 is 10.1 Å². The Morgan fingerprint density at radius 1 is 1.20 bits per heavy atom. The second kappa shape index (κ2) is 9.76. The molecule has 0 aromatic heterocycles. The topological polar surface area (TPSA) is 75.7 Å². The largest absolute Gasteiger partial charge is 0.495 e. The lowest BCUT2D eigenvalue weighted by Gasteiger charge is -2.33. The molecule has 0 heterocycles. The first kappa shape index (κ1) is 22.5. The van der Waals surface area contributed by atoms with Gasteiger partial charge >= 0.3 is 0 Å². The van der Waals surface area contributed by atoms with Crippen LogP contribution in [0.2, 0.25) is 5.02 Å². The van der Waals surface area contributed by atoms with Gasteiger partial charge in [0, 0.05) is 11.7 Å². The summed E-state index contributed by atoms with van der Waals surface area (Å²) in [4.78, 5) is 12.6. The third-order valence-electron chi connectivity index (χ3n) is 5.12. The number of halogens is 2. The standard InChI is InChI=1S/C21H24ClFN2O4S/c1-29-20-11-10-18(13-19(20)22)30(27,28)25(17-8-3-2-4-9-17)14-21(26)24-16-7-5-6-15(23)12-16/h5-7,10-13,17H,2-4,8-9,14H2,1H3,(H,24,26). The van der Waals surface area contributed by atoms with Gasteiger partial charge in [-0.1, -0.05) is 36.9 Å². The molecule has 0 atom stereocenters. The summed E-state index contributed by atoms with van der Waals surface area (Å²) in [7, 11) is -2.54. The molecule has 162 valence electrons. The van der Waals surface area contributed by atoms with Crippen molar-refractivity contribution in [3.8, 4) is 5.75 Å². The van der Waals surface area contributed by atoms with Crippen molar-refractivity contribution in [2.75, 3.05) is 19.0 Å². The van der Waals surface area contributed by atoms with Gasteiger partial charge in [0.15, 0.2) is 0 Å². The van der Waals surface area contributed by atoms with Gasteiger partial charge in [0.05, 0.1) is 23.6 Å². The zero-order valence-corrected chi connectivity index (χ0v) is 18.2. The number of amides is 1. The molecule has 0 bridgehead atoms. The van der Waals surface area contributed by atoms with Gasteiger partial charge in [0.2, 0.25) is 15.9 Å². The highest BCUT2D eigenvalue weighted by atomic mass is 35.5. The molecule has 1 N–H and O–H groups in total. The summed E-state index contributed by atoms with van der Waals surface area (Å²) in [5, 5.41) is 2.75. The maximum absolute atomic E-state index is 13.4. The highest BCUT2D eigenvalue weighted by molar-refractivity contribution is 7.89. The Bertz CT molecular complexity index is 1010. The Hall–Kier alpha value is -2.16. The average molecular weight is 455 g/mol. The number of rotatable bonds is 7. The minimum Gasteiger partial charge on any atom is -0.495 e. The molecule has 0 spiro atoms. The van der Waals surface area contributed by atoms with Crippen molar-refractivity contribution in [3.63, 3.8) is 0 Å². The van der Waals surface area contributed by atoms with E-state index in [9.17, 15) is 17.6 Å². The Labute approximate surface area is 181 Å². The Kier molecular flexibility index (Phi) is 7.33. The van der Waals surface area contributed by atoms with Crippen molar-refractivity contribution in [2.24, 2.45) is 0 Å². The normalized spacial score (nSPS) is 15.2. The lowest BCUT2D eigenvalue weighted by molar-refractivity contribution is -0.116. The molecule has 3 rings (SSSR count). The van der Waals surface area contributed by atoms with E-state index in [2.05, 4.69) is 5.32 Å². The molecule has 1 fully saturated rings. The van der Waals surface area contributed by atoms with Gasteiger partial charge in [0.1, 0.15) is 11.6 Å². The summed E-state index contributed by atoms with van der Waals surface area (Å²) in [6, 6.07) is 9.41. The van der Waals surface area contributed by atoms with Crippen LogP contribution in [0.5, 0.6) is 5.75 Å². The number of hydrogen-bond donors (Lipinski definition) is 1. The second-order valence-electron chi connectivity index (χ2n) is 7.20. The van der Waals surface area contributed by atoms with Crippen LogP contribution in [0.15, 0.2) is 47.4 Å². The lowest BCUT2D eigenvalue weighted by Crippen LogP contribution is -2.45. The number of benzene rings is 2. The Balaban J connectivity index is 1.87. The highest BCUT2D eigenvalue weighted by Crippen LogP contribution is 2.31. The highest BCUT2D eigenvalue weighted by Gasteiger charge is 2.34.